The molecule has 8 aromatic rings. The molecule has 0 bridgehead atoms. The number of rotatable bonds is 5. The third-order valence-corrected chi connectivity index (χ3v) is 13.6. The predicted octanol–water partition coefficient (Wildman–Crippen LogP) is 11.1. The molecule has 2 heterocycles. The maximum atomic E-state index is 6.15. The van der Waals surface area contributed by atoms with Gasteiger partial charge in [0.05, 0.1) is 27.2 Å². The van der Waals surface area contributed by atoms with Crippen LogP contribution in [-0.2, 0) is 0 Å². The van der Waals surface area contributed by atoms with E-state index in [9.17, 15) is 0 Å². The van der Waals surface area contributed by atoms with Crippen LogP contribution in [0.5, 0.6) is 0 Å². The summed E-state index contributed by atoms with van der Waals surface area (Å²) in [5, 5.41) is 8.08. The largest absolute Gasteiger partial charge is 0.456 e. The molecule has 0 spiro atoms. The quantitative estimate of drug-likeness (QED) is 0.173. The zero-order valence-corrected chi connectivity index (χ0v) is 29.5. The molecule has 0 aliphatic rings. The highest BCUT2D eigenvalue weighted by molar-refractivity contribution is 6.89. The van der Waals surface area contributed by atoms with Gasteiger partial charge in [-0.25, -0.2) is 0 Å². The Hall–Kier alpha value is -4.65. The first kappa shape index (κ1) is 28.8. The van der Waals surface area contributed by atoms with Gasteiger partial charge in [0.15, 0.2) is 0 Å². The number of aromatic nitrogens is 1. The second-order valence-corrected chi connectivity index (χ2v) is 24.9. The first-order valence-electron chi connectivity index (χ1n) is 16.3. The van der Waals surface area contributed by atoms with Crippen LogP contribution in [0.1, 0.15) is 0 Å². The van der Waals surface area contributed by atoms with Crippen LogP contribution in [0.2, 0.25) is 39.3 Å². The Bertz CT molecular complexity index is 2340. The fourth-order valence-corrected chi connectivity index (χ4v) is 9.12. The van der Waals surface area contributed by atoms with Crippen molar-refractivity contribution in [1.82, 2.24) is 4.57 Å². The highest BCUT2D eigenvalue weighted by Crippen LogP contribution is 2.35. The lowest BCUT2D eigenvalue weighted by molar-refractivity contribution is 0.669. The maximum absolute atomic E-state index is 6.15. The molecule has 226 valence electrons. The average molecular weight is 630 g/mol. The minimum atomic E-state index is -1.45. The number of para-hydroxylation sites is 1. The van der Waals surface area contributed by atoms with Gasteiger partial charge in [0.1, 0.15) is 11.2 Å². The number of furan rings is 1. The van der Waals surface area contributed by atoms with Crippen LogP contribution in [-0.4, -0.2) is 20.7 Å². The molecule has 0 saturated heterocycles. The van der Waals surface area contributed by atoms with Crippen LogP contribution in [0.3, 0.4) is 0 Å². The molecule has 46 heavy (non-hydrogen) atoms. The fraction of sp³-hybridized carbons (Fsp3) is 0.143. The zero-order valence-electron chi connectivity index (χ0n) is 27.5. The molecule has 0 atom stereocenters. The van der Waals surface area contributed by atoms with Crippen molar-refractivity contribution in [3.05, 3.63) is 127 Å². The molecule has 0 saturated carbocycles. The number of hydrogen-bond donors (Lipinski definition) is 0. The van der Waals surface area contributed by atoms with Gasteiger partial charge in [0, 0.05) is 27.2 Å². The number of benzene rings is 6. The normalized spacial score (nSPS) is 12.6. The summed E-state index contributed by atoms with van der Waals surface area (Å²) in [6, 6.07) is 47.1. The van der Waals surface area contributed by atoms with E-state index in [1.54, 1.807) is 0 Å². The van der Waals surface area contributed by atoms with E-state index in [0.29, 0.717) is 0 Å². The topological polar surface area (TPSA) is 18.1 Å². The van der Waals surface area contributed by atoms with E-state index >= 15 is 0 Å². The van der Waals surface area contributed by atoms with Gasteiger partial charge in [-0.15, -0.1) is 0 Å². The molecular formula is C42H39NOSi2. The Labute approximate surface area is 272 Å². The van der Waals surface area contributed by atoms with Crippen molar-refractivity contribution in [3.63, 3.8) is 0 Å². The summed E-state index contributed by atoms with van der Waals surface area (Å²) >= 11 is 0. The number of nitrogens with zero attached hydrogens (tertiary/aromatic N) is 1. The molecular weight excluding hydrogens is 591 g/mol. The monoisotopic (exact) mass is 629 g/mol. The summed E-state index contributed by atoms with van der Waals surface area (Å²) in [4.78, 5) is 0. The van der Waals surface area contributed by atoms with Gasteiger partial charge in [-0.1, -0.05) is 135 Å². The second kappa shape index (κ2) is 10.4. The molecule has 0 N–H and O–H groups in total. The predicted molar refractivity (Wildman–Crippen MR) is 205 cm³/mol. The van der Waals surface area contributed by atoms with Gasteiger partial charge < -0.3 is 8.98 Å². The molecule has 0 aliphatic heterocycles. The first-order valence-corrected chi connectivity index (χ1v) is 23.3. The van der Waals surface area contributed by atoms with E-state index in [2.05, 4.69) is 159 Å². The molecule has 0 radical (unpaired) electrons. The van der Waals surface area contributed by atoms with Crippen LogP contribution in [0.15, 0.2) is 132 Å². The van der Waals surface area contributed by atoms with E-state index in [-0.39, 0.29) is 0 Å². The number of hydrogen-bond acceptors (Lipinski definition) is 1. The average Bonchev–Trinajstić information content (AvgIpc) is 3.58. The smallest absolute Gasteiger partial charge is 0.136 e. The lowest BCUT2D eigenvalue weighted by atomic mass is 9.99. The van der Waals surface area contributed by atoms with E-state index in [0.717, 1.165) is 27.5 Å². The van der Waals surface area contributed by atoms with Crippen molar-refractivity contribution >= 4 is 70.3 Å². The van der Waals surface area contributed by atoms with Crippen molar-refractivity contribution in [1.29, 1.82) is 0 Å². The lowest BCUT2D eigenvalue weighted by Crippen LogP contribution is -2.37. The fourth-order valence-electron chi connectivity index (χ4n) is 6.80. The Morgan fingerprint density at radius 3 is 1.46 bits per heavy atom. The maximum Gasteiger partial charge on any atom is 0.136 e. The summed E-state index contributed by atoms with van der Waals surface area (Å²) in [6.07, 6.45) is 0. The van der Waals surface area contributed by atoms with Crippen LogP contribution in [0, 0.1) is 0 Å². The SMILES string of the molecule is C[Si](C)(C)c1ccc2c(c1)c1cc([Si](C)(C)C)ccc1n2-c1ccc(-c2ccc(-c3ccc4c(c3)oc3ccccc34)cc2)cc1. The van der Waals surface area contributed by atoms with Crippen molar-refractivity contribution in [3.8, 4) is 27.9 Å². The minimum Gasteiger partial charge on any atom is -0.456 e. The van der Waals surface area contributed by atoms with Crippen LogP contribution in [0.4, 0.5) is 0 Å². The zero-order chi connectivity index (χ0) is 31.8. The third kappa shape index (κ3) is 4.84. The van der Waals surface area contributed by atoms with Gasteiger partial charge in [-0.05, 0) is 64.7 Å². The van der Waals surface area contributed by atoms with Crippen LogP contribution < -0.4 is 10.4 Å². The Morgan fingerprint density at radius 1 is 0.413 bits per heavy atom. The molecule has 0 amide bonds. The third-order valence-electron chi connectivity index (χ3n) is 9.55. The summed E-state index contributed by atoms with van der Waals surface area (Å²) in [5.41, 5.74) is 10.4. The van der Waals surface area contributed by atoms with Crippen LogP contribution in [0.25, 0.3) is 71.7 Å². The van der Waals surface area contributed by atoms with Gasteiger partial charge in [0.25, 0.3) is 0 Å². The number of fused-ring (bicyclic) bond motifs is 6. The summed E-state index contributed by atoms with van der Waals surface area (Å²) in [6.45, 7) is 14.6. The second-order valence-electron chi connectivity index (χ2n) is 14.7. The van der Waals surface area contributed by atoms with E-state index in [1.165, 1.54) is 54.6 Å². The van der Waals surface area contributed by atoms with Crippen molar-refractivity contribution < 1.29 is 4.42 Å². The highest BCUT2D eigenvalue weighted by Gasteiger charge is 2.22. The summed E-state index contributed by atoms with van der Waals surface area (Å²) in [7, 11) is -2.91. The van der Waals surface area contributed by atoms with Gasteiger partial charge in [-0.2, -0.15) is 0 Å². The first-order chi connectivity index (χ1) is 22.0. The minimum absolute atomic E-state index is 0.928. The van der Waals surface area contributed by atoms with Crippen LogP contribution >= 0.6 is 0 Å². The lowest BCUT2D eigenvalue weighted by Gasteiger charge is -2.17. The molecule has 0 aliphatic carbocycles. The molecule has 0 unspecified atom stereocenters. The van der Waals surface area contributed by atoms with Gasteiger partial charge in [-0.3, -0.25) is 0 Å². The molecule has 8 rings (SSSR count). The molecule has 6 aromatic carbocycles. The highest BCUT2D eigenvalue weighted by atomic mass is 28.3. The van der Waals surface area contributed by atoms with Crippen molar-refractivity contribution in [2.24, 2.45) is 0 Å². The van der Waals surface area contributed by atoms with E-state index in [4.69, 9.17) is 4.42 Å². The molecule has 4 heteroatoms. The summed E-state index contributed by atoms with van der Waals surface area (Å²) < 4.78 is 8.60. The van der Waals surface area contributed by atoms with E-state index < -0.39 is 16.1 Å². The molecule has 2 aromatic heterocycles. The molecule has 2 nitrogen and oxygen atoms in total. The summed E-state index contributed by atoms with van der Waals surface area (Å²) in [5.74, 6) is 0. The van der Waals surface area contributed by atoms with E-state index in [1.807, 2.05) is 12.1 Å². The van der Waals surface area contributed by atoms with Crippen molar-refractivity contribution in [2.75, 3.05) is 0 Å². The standard InChI is InChI=1S/C42H39NOSi2/c1-45(2,3)33-20-23-39-37(26-33)38-27-34(46(4,5)6)21-24-40(38)43(39)32-18-15-29(16-19-32)28-11-13-30(14-12-28)31-17-22-36-35-9-7-8-10-41(35)44-42(36)25-31/h7-27H,1-6H3. The van der Waals surface area contributed by atoms with Gasteiger partial charge in [0.2, 0.25) is 0 Å². The van der Waals surface area contributed by atoms with Crippen molar-refractivity contribution in [2.45, 2.75) is 39.3 Å². The van der Waals surface area contributed by atoms with Gasteiger partial charge >= 0.3 is 0 Å². The Morgan fingerprint density at radius 2 is 0.891 bits per heavy atom. The molecule has 0 fully saturated rings. The Balaban J connectivity index is 1.15. The Kier molecular flexibility index (Phi) is 6.54.